The van der Waals surface area contributed by atoms with E-state index < -0.39 is 11.9 Å². The number of esters is 1. The van der Waals surface area contributed by atoms with Gasteiger partial charge in [-0.05, 0) is 48.7 Å². The van der Waals surface area contributed by atoms with E-state index in [-0.39, 0.29) is 12.4 Å². The van der Waals surface area contributed by atoms with Crippen molar-refractivity contribution in [3.63, 3.8) is 0 Å². The number of fused-ring (bicyclic) bond motifs is 1. The standard InChI is InChI=1S/C19H15NO4S/c1-12(21)13-6-8-15(9-7-13)20-18(22)11-24-19(23)17-10-14-4-2-3-5-16(14)25-17/h2-10H,11H2,1H3,(H,20,22). The molecule has 25 heavy (non-hydrogen) atoms. The van der Waals surface area contributed by atoms with E-state index in [0.717, 1.165) is 10.1 Å². The number of ketones is 1. The SMILES string of the molecule is CC(=O)c1ccc(NC(=O)COC(=O)c2cc3ccccc3s2)cc1. The molecule has 5 nitrogen and oxygen atoms in total. The molecule has 3 rings (SSSR count). The summed E-state index contributed by atoms with van der Waals surface area (Å²) in [5.74, 6) is -1.01. The van der Waals surface area contributed by atoms with E-state index in [2.05, 4.69) is 5.32 Å². The van der Waals surface area contributed by atoms with E-state index in [0.29, 0.717) is 16.1 Å². The van der Waals surface area contributed by atoms with Crippen molar-refractivity contribution in [1.29, 1.82) is 0 Å². The molecule has 0 saturated carbocycles. The van der Waals surface area contributed by atoms with E-state index in [1.807, 2.05) is 24.3 Å². The highest BCUT2D eigenvalue weighted by Crippen LogP contribution is 2.25. The maximum absolute atomic E-state index is 12.1. The van der Waals surface area contributed by atoms with Crippen molar-refractivity contribution in [3.05, 3.63) is 65.0 Å². The lowest BCUT2D eigenvalue weighted by molar-refractivity contribution is -0.119. The smallest absolute Gasteiger partial charge is 0.348 e. The monoisotopic (exact) mass is 353 g/mol. The van der Waals surface area contributed by atoms with Crippen LogP contribution in [0.2, 0.25) is 0 Å². The van der Waals surface area contributed by atoms with E-state index in [4.69, 9.17) is 4.74 Å². The summed E-state index contributed by atoms with van der Waals surface area (Å²) in [5, 5.41) is 3.58. The number of nitrogens with one attached hydrogen (secondary N) is 1. The molecule has 0 aliphatic heterocycles. The summed E-state index contributed by atoms with van der Waals surface area (Å²) in [7, 11) is 0. The van der Waals surface area contributed by atoms with Crippen LogP contribution in [0.3, 0.4) is 0 Å². The number of carbonyl (C=O) groups is 3. The average molecular weight is 353 g/mol. The molecule has 0 bridgehead atoms. The molecule has 0 spiro atoms. The van der Waals surface area contributed by atoms with Crippen molar-refractivity contribution in [3.8, 4) is 0 Å². The predicted molar refractivity (Wildman–Crippen MR) is 97.2 cm³/mol. The lowest BCUT2D eigenvalue weighted by atomic mass is 10.1. The molecule has 6 heteroatoms. The van der Waals surface area contributed by atoms with Crippen LogP contribution < -0.4 is 5.32 Å². The summed E-state index contributed by atoms with van der Waals surface area (Å²) in [6.07, 6.45) is 0. The second kappa shape index (κ2) is 7.27. The minimum atomic E-state index is -0.525. The number of thiophene rings is 1. The number of amides is 1. The highest BCUT2D eigenvalue weighted by Gasteiger charge is 2.13. The van der Waals surface area contributed by atoms with Crippen molar-refractivity contribution in [2.75, 3.05) is 11.9 Å². The second-order valence-electron chi connectivity index (χ2n) is 5.41. The first-order chi connectivity index (χ1) is 12.0. The quantitative estimate of drug-likeness (QED) is 0.558. The number of Topliss-reactive ketones (excluding diaryl/α,β-unsaturated/α-hetero) is 1. The van der Waals surface area contributed by atoms with Crippen LogP contribution in [0.15, 0.2) is 54.6 Å². The summed E-state index contributed by atoms with van der Waals surface area (Å²) >= 11 is 1.33. The molecular weight excluding hydrogens is 338 g/mol. The molecule has 0 unspecified atom stereocenters. The highest BCUT2D eigenvalue weighted by molar-refractivity contribution is 7.20. The van der Waals surface area contributed by atoms with Crippen LogP contribution in [-0.2, 0) is 9.53 Å². The molecule has 1 heterocycles. The minimum absolute atomic E-state index is 0.0462. The van der Waals surface area contributed by atoms with Crippen LogP contribution in [0.1, 0.15) is 27.0 Å². The van der Waals surface area contributed by atoms with Crippen molar-refractivity contribution in [2.45, 2.75) is 6.92 Å². The van der Waals surface area contributed by atoms with Crippen LogP contribution in [0.4, 0.5) is 5.69 Å². The van der Waals surface area contributed by atoms with Crippen molar-refractivity contribution < 1.29 is 19.1 Å². The van der Waals surface area contributed by atoms with E-state index in [1.165, 1.54) is 18.3 Å². The molecular formula is C19H15NO4S. The topological polar surface area (TPSA) is 72.5 Å². The molecule has 0 atom stereocenters. The number of carbonyl (C=O) groups excluding carboxylic acids is 3. The highest BCUT2D eigenvalue weighted by atomic mass is 32.1. The molecule has 0 radical (unpaired) electrons. The molecule has 126 valence electrons. The number of hydrogen-bond acceptors (Lipinski definition) is 5. The van der Waals surface area contributed by atoms with Gasteiger partial charge in [0.2, 0.25) is 0 Å². The van der Waals surface area contributed by atoms with Crippen molar-refractivity contribution >= 4 is 44.8 Å². The van der Waals surface area contributed by atoms with Crippen LogP contribution >= 0.6 is 11.3 Å². The number of hydrogen-bond donors (Lipinski definition) is 1. The van der Waals surface area contributed by atoms with Gasteiger partial charge in [-0.25, -0.2) is 4.79 Å². The molecule has 2 aromatic carbocycles. The third-order valence-corrected chi connectivity index (χ3v) is 4.63. The Bertz CT molecular complexity index is 910. The largest absolute Gasteiger partial charge is 0.451 e. The van der Waals surface area contributed by atoms with Gasteiger partial charge in [0.1, 0.15) is 4.88 Å². The van der Waals surface area contributed by atoms with Gasteiger partial charge in [0.25, 0.3) is 5.91 Å². The normalized spacial score (nSPS) is 10.4. The molecule has 0 saturated heterocycles. The van der Waals surface area contributed by atoms with Gasteiger partial charge in [0.05, 0.1) is 0 Å². The third-order valence-electron chi connectivity index (χ3n) is 3.54. The Kier molecular flexibility index (Phi) is 4.90. The molecule has 0 aliphatic rings. The maximum Gasteiger partial charge on any atom is 0.348 e. The van der Waals surface area contributed by atoms with Gasteiger partial charge in [-0.1, -0.05) is 18.2 Å². The lowest BCUT2D eigenvalue weighted by Gasteiger charge is -2.06. The Morgan fingerprint density at radius 1 is 1.04 bits per heavy atom. The Hall–Kier alpha value is -2.99. The Labute approximate surface area is 148 Å². The summed E-state index contributed by atoms with van der Waals surface area (Å²) in [6, 6.07) is 15.9. The summed E-state index contributed by atoms with van der Waals surface area (Å²) < 4.78 is 6.05. The number of benzene rings is 2. The first-order valence-corrected chi connectivity index (χ1v) is 8.41. The zero-order valence-electron chi connectivity index (χ0n) is 13.4. The molecule has 3 aromatic rings. The van der Waals surface area contributed by atoms with Gasteiger partial charge in [0, 0.05) is 16.0 Å². The zero-order valence-corrected chi connectivity index (χ0v) is 14.3. The minimum Gasteiger partial charge on any atom is -0.451 e. The Balaban J connectivity index is 1.56. The van der Waals surface area contributed by atoms with Crippen LogP contribution in [0.5, 0.6) is 0 Å². The zero-order chi connectivity index (χ0) is 17.8. The first kappa shape index (κ1) is 16.9. The number of ether oxygens (including phenoxy) is 1. The van der Waals surface area contributed by atoms with Crippen LogP contribution in [0, 0.1) is 0 Å². The van der Waals surface area contributed by atoms with Crippen molar-refractivity contribution in [1.82, 2.24) is 0 Å². The van der Waals surface area contributed by atoms with Crippen LogP contribution in [-0.4, -0.2) is 24.3 Å². The molecule has 0 aliphatic carbocycles. The van der Waals surface area contributed by atoms with Gasteiger partial charge in [-0.15, -0.1) is 11.3 Å². The molecule has 0 fully saturated rings. The second-order valence-corrected chi connectivity index (χ2v) is 6.49. The fraction of sp³-hybridized carbons (Fsp3) is 0.105. The van der Waals surface area contributed by atoms with Gasteiger partial charge < -0.3 is 10.1 Å². The molecule has 1 amide bonds. The van der Waals surface area contributed by atoms with Gasteiger partial charge >= 0.3 is 5.97 Å². The summed E-state index contributed by atoms with van der Waals surface area (Å²) in [5.41, 5.74) is 1.10. The van der Waals surface area contributed by atoms with Gasteiger partial charge in [-0.2, -0.15) is 0 Å². The summed E-state index contributed by atoms with van der Waals surface area (Å²) in [6.45, 7) is 1.10. The summed E-state index contributed by atoms with van der Waals surface area (Å²) in [4.78, 5) is 35.6. The van der Waals surface area contributed by atoms with E-state index in [1.54, 1.807) is 30.3 Å². The number of rotatable bonds is 5. The van der Waals surface area contributed by atoms with Gasteiger partial charge in [-0.3, -0.25) is 9.59 Å². The Morgan fingerprint density at radius 2 is 1.76 bits per heavy atom. The van der Waals surface area contributed by atoms with E-state index >= 15 is 0 Å². The average Bonchev–Trinajstić information content (AvgIpc) is 3.04. The fourth-order valence-corrected chi connectivity index (χ4v) is 3.23. The van der Waals surface area contributed by atoms with Crippen molar-refractivity contribution in [2.24, 2.45) is 0 Å². The van der Waals surface area contributed by atoms with E-state index in [9.17, 15) is 14.4 Å². The third kappa shape index (κ3) is 4.10. The predicted octanol–water partition coefficient (Wildman–Crippen LogP) is 3.90. The molecule has 1 aromatic heterocycles. The first-order valence-electron chi connectivity index (χ1n) is 7.59. The molecule has 1 N–H and O–H groups in total. The van der Waals surface area contributed by atoms with Gasteiger partial charge in [0.15, 0.2) is 12.4 Å². The Morgan fingerprint density at radius 3 is 2.44 bits per heavy atom. The fourth-order valence-electron chi connectivity index (χ4n) is 2.27. The number of anilines is 1. The maximum atomic E-state index is 12.1. The van der Waals surface area contributed by atoms with Crippen LogP contribution in [0.25, 0.3) is 10.1 Å². The lowest BCUT2D eigenvalue weighted by Crippen LogP contribution is -2.20.